The number of likely N-dealkylation sites (N-methyl/N-ethyl adjacent to an activating group) is 1. The Bertz CT molecular complexity index is 463. The van der Waals surface area contributed by atoms with Crippen LogP contribution in [0.5, 0.6) is 0 Å². The molecule has 0 aliphatic rings. The summed E-state index contributed by atoms with van der Waals surface area (Å²) in [5, 5.41) is 0. The van der Waals surface area contributed by atoms with E-state index in [4.69, 9.17) is 0 Å². The third-order valence-corrected chi connectivity index (χ3v) is 4.39. The Labute approximate surface area is 134 Å². The first-order chi connectivity index (χ1) is 10.5. The van der Waals surface area contributed by atoms with Crippen LogP contribution in [0.3, 0.4) is 0 Å². The number of Topliss-reactive ketones (excluding diaryl/α,β-unsaturated/α-hetero) is 1. The molecule has 1 heterocycles. The molecular weight excluding hydrogens is 278 g/mol. The van der Waals surface area contributed by atoms with Gasteiger partial charge in [-0.25, -0.2) is 9.97 Å². The molecule has 0 aromatic carbocycles. The normalized spacial score (nSPS) is 11.5. The summed E-state index contributed by atoms with van der Waals surface area (Å²) < 4.78 is 0.884. The molecule has 22 heavy (non-hydrogen) atoms. The van der Waals surface area contributed by atoms with Gasteiger partial charge >= 0.3 is 0 Å². The maximum atomic E-state index is 12.2. The van der Waals surface area contributed by atoms with Crippen molar-refractivity contribution in [2.24, 2.45) is 0 Å². The number of hydrogen-bond donors (Lipinski definition) is 0. The van der Waals surface area contributed by atoms with Gasteiger partial charge in [-0.3, -0.25) is 4.79 Å². The SMILES string of the molecule is CC[N+](CC)(CC)CC(=O)CCCc1ncnc(N(C)C)n1. The molecule has 0 radical (unpaired) electrons. The van der Waals surface area contributed by atoms with Crippen LogP contribution in [0.25, 0.3) is 0 Å². The maximum Gasteiger partial charge on any atom is 0.228 e. The van der Waals surface area contributed by atoms with Crippen molar-refractivity contribution >= 4 is 11.7 Å². The highest BCUT2D eigenvalue weighted by atomic mass is 16.1. The van der Waals surface area contributed by atoms with Gasteiger partial charge in [-0.2, -0.15) is 4.98 Å². The van der Waals surface area contributed by atoms with Crippen LogP contribution >= 0.6 is 0 Å². The minimum Gasteiger partial charge on any atom is -0.347 e. The van der Waals surface area contributed by atoms with Gasteiger partial charge in [-0.05, 0) is 27.2 Å². The molecule has 1 aromatic heterocycles. The van der Waals surface area contributed by atoms with Gasteiger partial charge in [-0.15, -0.1) is 0 Å². The topological polar surface area (TPSA) is 59.0 Å². The van der Waals surface area contributed by atoms with Crippen molar-refractivity contribution in [1.29, 1.82) is 0 Å². The van der Waals surface area contributed by atoms with Crippen molar-refractivity contribution in [3.63, 3.8) is 0 Å². The van der Waals surface area contributed by atoms with Crippen LogP contribution in [-0.4, -0.2) is 65.5 Å². The third kappa shape index (κ3) is 5.33. The Balaban J connectivity index is 2.47. The number of aromatic nitrogens is 3. The molecule has 0 aliphatic heterocycles. The zero-order chi connectivity index (χ0) is 16.6. The van der Waals surface area contributed by atoms with Crippen LogP contribution in [0, 0.1) is 0 Å². The molecule has 0 amide bonds. The number of nitrogens with zero attached hydrogens (tertiary/aromatic N) is 5. The highest BCUT2D eigenvalue weighted by molar-refractivity contribution is 5.79. The lowest BCUT2D eigenvalue weighted by atomic mass is 10.1. The Hall–Kier alpha value is -1.56. The molecule has 0 saturated heterocycles. The molecule has 1 aromatic rings. The van der Waals surface area contributed by atoms with Gasteiger partial charge in [0.2, 0.25) is 5.95 Å². The van der Waals surface area contributed by atoms with E-state index in [1.807, 2.05) is 19.0 Å². The predicted octanol–water partition coefficient (Wildman–Crippen LogP) is 1.71. The molecule has 124 valence electrons. The number of rotatable bonds is 10. The molecule has 0 saturated carbocycles. The Morgan fingerprint density at radius 3 is 2.32 bits per heavy atom. The van der Waals surface area contributed by atoms with Crippen LogP contribution in [0.4, 0.5) is 5.95 Å². The first-order valence-corrected chi connectivity index (χ1v) is 8.18. The van der Waals surface area contributed by atoms with Gasteiger partial charge in [-0.1, -0.05) is 0 Å². The quantitative estimate of drug-likeness (QED) is 0.616. The Kier molecular flexibility index (Phi) is 7.38. The van der Waals surface area contributed by atoms with Crippen molar-refractivity contribution in [1.82, 2.24) is 15.0 Å². The van der Waals surface area contributed by atoms with E-state index >= 15 is 0 Å². The molecule has 0 aliphatic carbocycles. The van der Waals surface area contributed by atoms with Crippen molar-refractivity contribution in [3.05, 3.63) is 12.2 Å². The van der Waals surface area contributed by atoms with Crippen LogP contribution in [-0.2, 0) is 11.2 Å². The summed E-state index contributed by atoms with van der Waals surface area (Å²) in [6.45, 7) is 10.2. The fraction of sp³-hybridized carbons (Fsp3) is 0.750. The average molecular weight is 308 g/mol. The second-order valence-corrected chi connectivity index (χ2v) is 5.94. The molecule has 6 nitrogen and oxygen atoms in total. The number of ketones is 1. The second kappa shape index (κ2) is 8.78. The lowest BCUT2D eigenvalue weighted by Gasteiger charge is -2.35. The monoisotopic (exact) mass is 308 g/mol. The number of carbonyl (C=O) groups excluding carboxylic acids is 1. The van der Waals surface area contributed by atoms with E-state index in [1.54, 1.807) is 0 Å². The molecule has 0 N–H and O–H groups in total. The maximum absolute atomic E-state index is 12.2. The number of carbonyl (C=O) groups is 1. The summed E-state index contributed by atoms with van der Waals surface area (Å²) in [5.41, 5.74) is 0. The van der Waals surface area contributed by atoms with E-state index in [0.29, 0.717) is 24.7 Å². The van der Waals surface area contributed by atoms with Crippen molar-refractivity contribution in [3.8, 4) is 0 Å². The molecule has 1 rings (SSSR count). The van der Waals surface area contributed by atoms with Gasteiger partial charge in [0.15, 0.2) is 5.78 Å². The summed E-state index contributed by atoms with van der Waals surface area (Å²) >= 11 is 0. The second-order valence-electron chi connectivity index (χ2n) is 5.94. The molecule has 0 unspecified atom stereocenters. The predicted molar refractivity (Wildman–Crippen MR) is 88.8 cm³/mol. The van der Waals surface area contributed by atoms with E-state index in [0.717, 1.165) is 42.8 Å². The molecule has 0 spiro atoms. The summed E-state index contributed by atoms with van der Waals surface area (Å²) in [7, 11) is 3.81. The third-order valence-electron chi connectivity index (χ3n) is 4.39. The zero-order valence-electron chi connectivity index (χ0n) is 14.7. The van der Waals surface area contributed by atoms with E-state index in [2.05, 4.69) is 35.7 Å². The van der Waals surface area contributed by atoms with Crippen LogP contribution in [0.2, 0.25) is 0 Å². The van der Waals surface area contributed by atoms with Crippen LogP contribution < -0.4 is 4.90 Å². The summed E-state index contributed by atoms with van der Waals surface area (Å²) in [6.07, 6.45) is 3.65. The molecular formula is C16H30N5O+. The minimum atomic E-state index is 0.340. The standard InChI is InChI=1S/C16H30N5O/c1-6-21(7-2,8-3)12-14(22)10-9-11-15-17-13-18-16(19-15)20(4)5/h13H,6-12H2,1-5H3/q+1. The first-order valence-electron chi connectivity index (χ1n) is 8.18. The van der Waals surface area contributed by atoms with Gasteiger partial charge in [0.05, 0.1) is 19.6 Å². The largest absolute Gasteiger partial charge is 0.347 e. The number of anilines is 1. The molecule has 0 atom stereocenters. The van der Waals surface area contributed by atoms with E-state index in [1.165, 1.54) is 6.33 Å². The van der Waals surface area contributed by atoms with E-state index in [9.17, 15) is 4.79 Å². The van der Waals surface area contributed by atoms with E-state index < -0.39 is 0 Å². The smallest absolute Gasteiger partial charge is 0.228 e. The summed E-state index contributed by atoms with van der Waals surface area (Å²) in [6, 6.07) is 0. The van der Waals surface area contributed by atoms with Crippen molar-refractivity contribution < 1.29 is 9.28 Å². The highest BCUT2D eigenvalue weighted by Gasteiger charge is 2.24. The van der Waals surface area contributed by atoms with Gasteiger partial charge in [0.25, 0.3) is 0 Å². The van der Waals surface area contributed by atoms with Crippen molar-refractivity contribution in [2.45, 2.75) is 40.0 Å². The number of quaternary nitrogens is 1. The highest BCUT2D eigenvalue weighted by Crippen LogP contribution is 2.09. The first kappa shape index (κ1) is 18.5. The summed E-state index contributed by atoms with van der Waals surface area (Å²) in [4.78, 5) is 26.7. The van der Waals surface area contributed by atoms with Crippen molar-refractivity contribution in [2.75, 3.05) is 45.2 Å². The average Bonchev–Trinajstić information content (AvgIpc) is 2.53. The van der Waals surface area contributed by atoms with Crippen LogP contribution in [0.1, 0.15) is 39.4 Å². The molecule has 6 heteroatoms. The number of aryl methyl sites for hydroxylation is 1. The number of hydrogen-bond acceptors (Lipinski definition) is 5. The van der Waals surface area contributed by atoms with E-state index in [-0.39, 0.29) is 0 Å². The lowest BCUT2D eigenvalue weighted by Crippen LogP contribution is -2.50. The Morgan fingerprint density at radius 2 is 1.77 bits per heavy atom. The zero-order valence-corrected chi connectivity index (χ0v) is 14.7. The lowest BCUT2D eigenvalue weighted by molar-refractivity contribution is -0.915. The van der Waals surface area contributed by atoms with Gasteiger partial charge in [0, 0.05) is 26.9 Å². The fourth-order valence-electron chi connectivity index (χ4n) is 2.56. The molecule has 0 fully saturated rings. The van der Waals surface area contributed by atoms with Gasteiger partial charge in [0.1, 0.15) is 18.7 Å². The van der Waals surface area contributed by atoms with Crippen LogP contribution in [0.15, 0.2) is 6.33 Å². The molecule has 0 bridgehead atoms. The minimum absolute atomic E-state index is 0.340. The van der Waals surface area contributed by atoms with Gasteiger partial charge < -0.3 is 9.38 Å². The fourth-order valence-corrected chi connectivity index (χ4v) is 2.56. The summed E-state index contributed by atoms with van der Waals surface area (Å²) in [5.74, 6) is 1.76. The Morgan fingerprint density at radius 1 is 1.14 bits per heavy atom.